The summed E-state index contributed by atoms with van der Waals surface area (Å²) in [5, 5.41) is 0.521. The van der Waals surface area contributed by atoms with E-state index in [-0.39, 0.29) is 17.7 Å². The lowest BCUT2D eigenvalue weighted by Gasteiger charge is -2.11. The number of nitrogens with one attached hydrogen (secondary N) is 1. The van der Waals surface area contributed by atoms with Gasteiger partial charge in [0.1, 0.15) is 5.75 Å². The van der Waals surface area contributed by atoms with Gasteiger partial charge in [-0.05, 0) is 35.9 Å². The highest BCUT2D eigenvalue weighted by Gasteiger charge is 2.13. The molecule has 28 heavy (non-hydrogen) atoms. The maximum Gasteiger partial charge on any atom is 0.330 e. The third-order valence-electron chi connectivity index (χ3n) is 4.36. The lowest BCUT2D eigenvalue weighted by atomic mass is 10.1. The van der Waals surface area contributed by atoms with Gasteiger partial charge in [0.25, 0.3) is 5.56 Å². The van der Waals surface area contributed by atoms with Crippen LogP contribution in [0.25, 0.3) is 22.4 Å². The van der Waals surface area contributed by atoms with Crippen molar-refractivity contribution in [2.75, 3.05) is 7.11 Å². The zero-order valence-corrected chi connectivity index (χ0v) is 15.6. The Morgan fingerprint density at radius 2 is 1.86 bits per heavy atom. The molecule has 4 aromatic rings. The molecule has 7 nitrogen and oxygen atoms in total. The van der Waals surface area contributed by atoms with E-state index in [4.69, 9.17) is 16.3 Å². The van der Waals surface area contributed by atoms with Crippen LogP contribution < -0.4 is 16.0 Å². The van der Waals surface area contributed by atoms with E-state index in [2.05, 4.69) is 15.0 Å². The van der Waals surface area contributed by atoms with Crippen LogP contribution in [-0.4, -0.2) is 26.6 Å². The van der Waals surface area contributed by atoms with Crippen molar-refractivity contribution in [3.8, 4) is 17.0 Å². The number of aromatic amines is 1. The number of aromatic nitrogens is 4. The molecule has 0 atom stereocenters. The van der Waals surface area contributed by atoms with Crippen LogP contribution in [0.4, 0.5) is 0 Å². The van der Waals surface area contributed by atoms with Crippen LogP contribution in [0, 0.1) is 0 Å². The van der Waals surface area contributed by atoms with Crippen molar-refractivity contribution in [1.82, 2.24) is 19.5 Å². The monoisotopic (exact) mass is 394 g/mol. The van der Waals surface area contributed by atoms with E-state index in [1.165, 1.54) is 10.8 Å². The molecule has 2 heterocycles. The largest absolute Gasteiger partial charge is 0.497 e. The number of halogens is 1. The number of hydrogen-bond donors (Lipinski definition) is 1. The molecule has 0 aliphatic heterocycles. The summed E-state index contributed by atoms with van der Waals surface area (Å²) in [4.78, 5) is 35.7. The van der Waals surface area contributed by atoms with E-state index in [0.717, 1.165) is 11.1 Å². The molecule has 0 bridgehead atoms. The minimum atomic E-state index is -0.579. The third kappa shape index (κ3) is 3.27. The fraction of sp³-hybridized carbons (Fsp3) is 0.100. The van der Waals surface area contributed by atoms with Gasteiger partial charge in [-0.2, -0.15) is 0 Å². The Morgan fingerprint density at radius 1 is 1.11 bits per heavy atom. The average molecular weight is 395 g/mol. The zero-order valence-electron chi connectivity index (χ0n) is 14.8. The van der Waals surface area contributed by atoms with Crippen molar-refractivity contribution < 1.29 is 4.74 Å². The first-order valence-corrected chi connectivity index (χ1v) is 8.82. The molecule has 0 amide bonds. The van der Waals surface area contributed by atoms with E-state index in [9.17, 15) is 9.59 Å². The number of methoxy groups -OCH3 is 1. The Balaban J connectivity index is 1.90. The molecule has 1 N–H and O–H groups in total. The van der Waals surface area contributed by atoms with E-state index in [0.29, 0.717) is 16.5 Å². The van der Waals surface area contributed by atoms with Gasteiger partial charge < -0.3 is 4.74 Å². The van der Waals surface area contributed by atoms with Gasteiger partial charge in [0.2, 0.25) is 0 Å². The lowest BCUT2D eigenvalue weighted by molar-refractivity contribution is 0.415. The number of nitrogens with zero attached hydrogens (tertiary/aromatic N) is 3. The molecule has 0 aliphatic carbocycles. The number of fused-ring (bicyclic) bond motifs is 1. The lowest BCUT2D eigenvalue weighted by Crippen LogP contribution is -2.31. The van der Waals surface area contributed by atoms with Crippen molar-refractivity contribution in [1.29, 1.82) is 0 Å². The first-order valence-electron chi connectivity index (χ1n) is 8.44. The SMILES string of the molecule is COc1ccc(-c2cnc3c(=O)[nH]c(=O)n(Cc4ccccc4Cl)c3n2)cc1. The van der Waals surface area contributed by atoms with Crippen LogP contribution in [-0.2, 0) is 6.54 Å². The smallest absolute Gasteiger partial charge is 0.330 e. The highest BCUT2D eigenvalue weighted by atomic mass is 35.5. The second-order valence-corrected chi connectivity index (χ2v) is 6.50. The highest BCUT2D eigenvalue weighted by Crippen LogP contribution is 2.22. The second-order valence-electron chi connectivity index (χ2n) is 6.09. The standard InChI is InChI=1S/C20H15ClN4O3/c1-28-14-8-6-12(7-9-14)16-10-22-17-18(23-16)25(20(27)24-19(17)26)11-13-4-2-3-5-15(13)21/h2-10H,11H2,1H3,(H,24,26,27). The topological polar surface area (TPSA) is 89.9 Å². The molecule has 0 saturated heterocycles. The Hall–Kier alpha value is -3.45. The summed E-state index contributed by atoms with van der Waals surface area (Å²) in [6, 6.07) is 14.5. The molecule has 0 saturated carbocycles. The molecule has 0 unspecified atom stereocenters. The molecule has 8 heteroatoms. The molecule has 0 radical (unpaired) electrons. The first-order chi connectivity index (χ1) is 13.6. The van der Waals surface area contributed by atoms with Gasteiger partial charge in [0.15, 0.2) is 11.2 Å². The minimum absolute atomic E-state index is 0.0870. The molecule has 2 aromatic heterocycles. The summed E-state index contributed by atoms with van der Waals surface area (Å²) >= 11 is 6.23. The van der Waals surface area contributed by atoms with Crippen molar-refractivity contribution >= 4 is 22.8 Å². The van der Waals surface area contributed by atoms with E-state index in [1.54, 1.807) is 31.4 Å². The van der Waals surface area contributed by atoms with Gasteiger partial charge in [-0.25, -0.2) is 14.8 Å². The number of benzene rings is 2. The number of H-pyrrole nitrogens is 1. The predicted octanol–water partition coefficient (Wildman–Crippen LogP) is 2.86. The van der Waals surface area contributed by atoms with Crippen molar-refractivity contribution in [2.45, 2.75) is 6.54 Å². The van der Waals surface area contributed by atoms with Crippen LogP contribution in [0.15, 0.2) is 64.3 Å². The van der Waals surface area contributed by atoms with Crippen LogP contribution in [0.5, 0.6) is 5.75 Å². The van der Waals surface area contributed by atoms with Gasteiger partial charge in [-0.15, -0.1) is 0 Å². The van der Waals surface area contributed by atoms with Crippen molar-refractivity contribution in [3.63, 3.8) is 0 Å². The summed E-state index contributed by atoms with van der Waals surface area (Å²) in [6.45, 7) is 0.159. The van der Waals surface area contributed by atoms with Crippen LogP contribution in [0.1, 0.15) is 5.56 Å². The molecule has 2 aromatic carbocycles. The molecular formula is C20H15ClN4O3. The number of ether oxygens (including phenoxy) is 1. The third-order valence-corrected chi connectivity index (χ3v) is 4.73. The van der Waals surface area contributed by atoms with Crippen LogP contribution in [0.2, 0.25) is 5.02 Å². The van der Waals surface area contributed by atoms with Crippen LogP contribution in [0.3, 0.4) is 0 Å². The summed E-state index contributed by atoms with van der Waals surface area (Å²) in [6.07, 6.45) is 1.50. The quantitative estimate of drug-likeness (QED) is 0.574. The van der Waals surface area contributed by atoms with Gasteiger partial charge in [0, 0.05) is 10.6 Å². The summed E-state index contributed by atoms with van der Waals surface area (Å²) < 4.78 is 6.52. The Labute approximate surface area is 164 Å². The van der Waals surface area contributed by atoms with Gasteiger partial charge >= 0.3 is 5.69 Å². The molecule has 4 rings (SSSR count). The molecule has 140 valence electrons. The molecule has 0 aliphatic rings. The predicted molar refractivity (Wildman–Crippen MR) is 107 cm³/mol. The molecular weight excluding hydrogens is 380 g/mol. The minimum Gasteiger partial charge on any atom is -0.497 e. The fourth-order valence-corrected chi connectivity index (χ4v) is 3.09. The number of rotatable bonds is 4. The van der Waals surface area contributed by atoms with Gasteiger partial charge in [-0.1, -0.05) is 29.8 Å². The van der Waals surface area contributed by atoms with Crippen molar-refractivity contribution in [3.05, 3.63) is 86.2 Å². The fourth-order valence-electron chi connectivity index (χ4n) is 2.89. The summed E-state index contributed by atoms with van der Waals surface area (Å²) in [5.41, 5.74) is 1.19. The zero-order chi connectivity index (χ0) is 19.7. The maximum atomic E-state index is 12.5. The number of hydrogen-bond acceptors (Lipinski definition) is 5. The van der Waals surface area contributed by atoms with Crippen LogP contribution >= 0.6 is 11.6 Å². The Morgan fingerprint density at radius 3 is 2.57 bits per heavy atom. The van der Waals surface area contributed by atoms with E-state index >= 15 is 0 Å². The summed E-state index contributed by atoms with van der Waals surface area (Å²) in [5.74, 6) is 0.713. The second kappa shape index (κ2) is 7.28. The molecule has 0 spiro atoms. The Bertz CT molecular complexity index is 1280. The highest BCUT2D eigenvalue weighted by molar-refractivity contribution is 6.31. The first kappa shape index (κ1) is 17.9. The maximum absolute atomic E-state index is 12.5. The van der Waals surface area contributed by atoms with E-state index in [1.807, 2.05) is 24.3 Å². The average Bonchev–Trinajstić information content (AvgIpc) is 2.72. The van der Waals surface area contributed by atoms with Crippen molar-refractivity contribution in [2.24, 2.45) is 0 Å². The van der Waals surface area contributed by atoms with Gasteiger partial charge in [0.05, 0.1) is 25.5 Å². The normalized spacial score (nSPS) is 10.9. The Kier molecular flexibility index (Phi) is 4.67. The van der Waals surface area contributed by atoms with Gasteiger partial charge in [-0.3, -0.25) is 14.3 Å². The molecule has 0 fully saturated rings. The van der Waals surface area contributed by atoms with E-state index < -0.39 is 11.2 Å². The summed E-state index contributed by atoms with van der Waals surface area (Å²) in [7, 11) is 1.59.